The minimum Gasteiger partial charge on any atom is -1.00 e. The van der Waals surface area contributed by atoms with Gasteiger partial charge in [0, 0.05) is 0 Å². The predicted octanol–water partition coefficient (Wildman–Crippen LogP) is 0.502. The maximum absolute atomic E-state index is 2.46. The molecule has 1 aromatic rings. The zero-order valence-corrected chi connectivity index (χ0v) is 22.2. The van der Waals surface area contributed by atoms with Gasteiger partial charge in [-0.1, -0.05) is 0 Å². The third-order valence-corrected chi connectivity index (χ3v) is 11.8. The van der Waals surface area contributed by atoms with Gasteiger partial charge in [0.25, 0.3) is 0 Å². The Bertz CT molecular complexity index is 794. The van der Waals surface area contributed by atoms with Gasteiger partial charge >= 0.3 is 154 Å². The van der Waals surface area contributed by atoms with Crippen molar-refractivity contribution in [3.63, 3.8) is 0 Å². The van der Waals surface area contributed by atoms with E-state index in [4.69, 9.17) is 0 Å². The number of hydrogen-bond acceptors (Lipinski definition) is 0. The second kappa shape index (κ2) is 8.11. The second-order valence-electron chi connectivity index (χ2n) is 7.93. The monoisotopic (exact) mass is 540 g/mol. The molecular weight excluding hydrogens is 515 g/mol. The summed E-state index contributed by atoms with van der Waals surface area (Å²) in [6.45, 7) is 18.8. The molecule has 0 heterocycles. The summed E-state index contributed by atoms with van der Waals surface area (Å²) in [4.78, 5) is 0. The first-order chi connectivity index (χ1) is 10.6. The Morgan fingerprint density at radius 3 is 2.00 bits per heavy atom. The van der Waals surface area contributed by atoms with Crippen molar-refractivity contribution in [2.24, 2.45) is 5.41 Å². The van der Waals surface area contributed by atoms with Gasteiger partial charge in [-0.25, -0.2) is 0 Å². The standard InChI is InChI=1S/C12H13.C10H15.2BrH.Zr/c1-8-4-10(3)12-7-9(2)6-11(12)5-8;1-7-6-10(4,5)9(3)8(7)2;;;/h4-7H,1-3H3;1-5H3;2*1H;/q;;;;+2/p-2. The van der Waals surface area contributed by atoms with Crippen LogP contribution in [0.4, 0.5) is 0 Å². The number of aryl methyl sites for hydroxylation is 2. The van der Waals surface area contributed by atoms with Crippen LogP contribution in [0.5, 0.6) is 0 Å². The molecule has 25 heavy (non-hydrogen) atoms. The average Bonchev–Trinajstić information content (AvgIpc) is 2.84. The SMILES string of the molecule is CC1=Cc2c(C)cc(C)cc2[CH]1[Zr+2][C]1=C(C)C(C)=C(C)C1(C)C.[Br-].[Br-]. The zero-order valence-electron chi connectivity index (χ0n) is 16.6. The van der Waals surface area contributed by atoms with Crippen LogP contribution >= 0.6 is 0 Å². The molecule has 1 aromatic carbocycles. The molecule has 0 fully saturated rings. The van der Waals surface area contributed by atoms with E-state index in [2.05, 4.69) is 73.6 Å². The fourth-order valence-corrected chi connectivity index (χ4v) is 9.01. The van der Waals surface area contributed by atoms with Gasteiger partial charge in [0.1, 0.15) is 0 Å². The molecule has 1 unspecified atom stereocenters. The van der Waals surface area contributed by atoms with Crippen molar-refractivity contribution in [3.05, 3.63) is 60.0 Å². The van der Waals surface area contributed by atoms with Crippen molar-refractivity contribution in [3.8, 4) is 0 Å². The van der Waals surface area contributed by atoms with E-state index in [0.29, 0.717) is 0 Å². The van der Waals surface area contributed by atoms with Crippen molar-refractivity contribution in [2.75, 3.05) is 0 Å². The predicted molar refractivity (Wildman–Crippen MR) is 97.2 cm³/mol. The number of allylic oxidation sites excluding steroid dienone is 5. The first-order valence-corrected chi connectivity index (χ1v) is 11.2. The van der Waals surface area contributed by atoms with Crippen LogP contribution in [0.1, 0.15) is 67.4 Å². The van der Waals surface area contributed by atoms with Crippen LogP contribution in [0.15, 0.2) is 37.7 Å². The zero-order chi connectivity index (χ0) is 17.1. The Hall–Kier alpha value is 0.283. The quantitative estimate of drug-likeness (QED) is 0.510. The molecule has 0 aromatic heterocycles. The van der Waals surface area contributed by atoms with Crippen LogP contribution in [0.25, 0.3) is 6.08 Å². The van der Waals surface area contributed by atoms with Crippen molar-refractivity contribution < 1.29 is 57.2 Å². The van der Waals surface area contributed by atoms with Gasteiger partial charge in [0.15, 0.2) is 0 Å². The van der Waals surface area contributed by atoms with E-state index in [1.165, 1.54) is 16.7 Å². The smallest absolute Gasteiger partial charge is 1.00 e. The van der Waals surface area contributed by atoms with E-state index in [-0.39, 0.29) is 39.4 Å². The van der Waals surface area contributed by atoms with Crippen molar-refractivity contribution in [1.82, 2.24) is 0 Å². The van der Waals surface area contributed by atoms with E-state index < -0.39 is 23.2 Å². The van der Waals surface area contributed by atoms with E-state index in [9.17, 15) is 0 Å². The summed E-state index contributed by atoms with van der Waals surface area (Å²) in [6, 6.07) is 4.78. The van der Waals surface area contributed by atoms with Crippen molar-refractivity contribution >= 4 is 6.08 Å². The molecule has 0 aliphatic heterocycles. The Balaban J connectivity index is 0.00000156. The molecule has 0 radical (unpaired) electrons. The van der Waals surface area contributed by atoms with Crippen LogP contribution < -0.4 is 34.0 Å². The summed E-state index contributed by atoms with van der Waals surface area (Å²) in [6.07, 6.45) is 2.46. The van der Waals surface area contributed by atoms with Gasteiger partial charge in [-0.05, 0) is 0 Å². The third-order valence-electron chi connectivity index (χ3n) is 6.05. The molecule has 0 bridgehead atoms. The maximum Gasteiger partial charge on any atom is -1.00 e. The van der Waals surface area contributed by atoms with E-state index in [1.54, 1.807) is 31.1 Å². The third kappa shape index (κ3) is 3.81. The number of hydrogen-bond donors (Lipinski definition) is 0. The Morgan fingerprint density at radius 2 is 1.48 bits per heavy atom. The molecule has 0 N–H and O–H groups in total. The molecule has 0 amide bonds. The molecule has 0 saturated heterocycles. The largest absolute Gasteiger partial charge is 1.00 e. The Kier molecular flexibility index (Phi) is 7.57. The summed E-state index contributed by atoms with van der Waals surface area (Å²) in [5.74, 6) is 0. The minimum absolute atomic E-state index is 0. The van der Waals surface area contributed by atoms with Crippen LogP contribution in [0.2, 0.25) is 0 Å². The summed E-state index contributed by atoms with van der Waals surface area (Å²) in [7, 11) is 0. The summed E-state index contributed by atoms with van der Waals surface area (Å²) in [5, 5.41) is 0. The van der Waals surface area contributed by atoms with Gasteiger partial charge in [-0.15, -0.1) is 0 Å². The Morgan fingerprint density at radius 1 is 0.880 bits per heavy atom. The van der Waals surface area contributed by atoms with Gasteiger partial charge < -0.3 is 34.0 Å². The normalized spacial score (nSPS) is 20.6. The van der Waals surface area contributed by atoms with E-state index in [0.717, 1.165) is 3.63 Å². The number of rotatable bonds is 2. The molecule has 3 heteroatoms. The Labute approximate surface area is 186 Å². The average molecular weight is 543 g/mol. The van der Waals surface area contributed by atoms with Crippen LogP contribution in [-0.2, 0) is 23.2 Å². The topological polar surface area (TPSA) is 0 Å². The molecule has 2 aliphatic rings. The van der Waals surface area contributed by atoms with Gasteiger partial charge in [-0.3, -0.25) is 0 Å². The first kappa shape index (κ1) is 23.3. The molecule has 0 nitrogen and oxygen atoms in total. The molecule has 0 saturated carbocycles. The van der Waals surface area contributed by atoms with Gasteiger partial charge in [0.05, 0.1) is 0 Å². The molecule has 134 valence electrons. The van der Waals surface area contributed by atoms with Gasteiger partial charge in [-0.2, -0.15) is 0 Å². The van der Waals surface area contributed by atoms with E-state index in [1.807, 2.05) is 0 Å². The first-order valence-electron chi connectivity index (χ1n) is 8.60. The summed E-state index contributed by atoms with van der Waals surface area (Å²) < 4.78 is 2.52. The van der Waals surface area contributed by atoms with Crippen molar-refractivity contribution in [2.45, 2.75) is 59.0 Å². The summed E-state index contributed by atoms with van der Waals surface area (Å²) in [5.41, 5.74) is 12.6. The van der Waals surface area contributed by atoms with Crippen LogP contribution in [0, 0.1) is 19.3 Å². The minimum atomic E-state index is -0.712. The fraction of sp³-hybridized carbons (Fsp3) is 0.455. The number of fused-ring (bicyclic) bond motifs is 1. The molecular formula is C22H28Br2Zr. The number of halogens is 2. The fourth-order valence-electron chi connectivity index (χ4n) is 4.22. The maximum atomic E-state index is 2.46. The molecule has 2 aliphatic carbocycles. The summed E-state index contributed by atoms with van der Waals surface area (Å²) >= 11 is -0.712. The molecule has 0 spiro atoms. The molecule has 1 atom stereocenters. The van der Waals surface area contributed by atoms with Crippen molar-refractivity contribution in [1.29, 1.82) is 0 Å². The second-order valence-corrected chi connectivity index (χ2v) is 11.3. The van der Waals surface area contributed by atoms with E-state index >= 15 is 0 Å². The van der Waals surface area contributed by atoms with Crippen LogP contribution in [0.3, 0.4) is 0 Å². The number of benzene rings is 1. The van der Waals surface area contributed by atoms with Gasteiger partial charge in [0.2, 0.25) is 0 Å². The van der Waals surface area contributed by atoms with Crippen LogP contribution in [-0.4, -0.2) is 0 Å². The molecule has 3 rings (SSSR count).